The molecule has 1 fully saturated rings. The van der Waals surface area contributed by atoms with Gasteiger partial charge in [0.1, 0.15) is 6.29 Å². The lowest BCUT2D eigenvalue weighted by molar-refractivity contribution is -0.132. The van der Waals surface area contributed by atoms with Crippen molar-refractivity contribution in [3.63, 3.8) is 0 Å². The third-order valence-electron chi connectivity index (χ3n) is 3.06. The Labute approximate surface area is 91.2 Å². The topological polar surface area (TPSA) is 40.6 Å². The summed E-state index contributed by atoms with van der Waals surface area (Å²) in [5, 5.41) is 0. The number of likely N-dealkylation sites (tertiary alicyclic amines) is 1. The van der Waals surface area contributed by atoms with Crippen LogP contribution in [0.2, 0.25) is 0 Å². The zero-order valence-electron chi connectivity index (χ0n) is 9.61. The zero-order valence-corrected chi connectivity index (χ0v) is 9.61. The van der Waals surface area contributed by atoms with Crippen molar-refractivity contribution in [2.45, 2.75) is 32.2 Å². The lowest BCUT2D eigenvalue weighted by Gasteiger charge is -2.32. The average molecular weight is 212 g/mol. The summed E-state index contributed by atoms with van der Waals surface area (Å²) in [7, 11) is 1.79. The maximum absolute atomic E-state index is 11.7. The molecule has 1 unspecified atom stereocenters. The second-order valence-electron chi connectivity index (χ2n) is 4.08. The molecule has 0 aromatic heterocycles. The molecule has 0 spiro atoms. The van der Waals surface area contributed by atoms with E-state index in [4.69, 9.17) is 0 Å². The highest BCUT2D eigenvalue weighted by Gasteiger charge is 2.24. The molecule has 0 saturated carbocycles. The van der Waals surface area contributed by atoms with Gasteiger partial charge in [-0.1, -0.05) is 6.42 Å². The van der Waals surface area contributed by atoms with Crippen molar-refractivity contribution in [3.05, 3.63) is 0 Å². The van der Waals surface area contributed by atoms with Crippen LogP contribution in [0.4, 0.5) is 0 Å². The molecule has 1 saturated heterocycles. The van der Waals surface area contributed by atoms with Crippen molar-refractivity contribution in [1.29, 1.82) is 0 Å². The molecule has 86 valence electrons. The maximum atomic E-state index is 11.7. The van der Waals surface area contributed by atoms with Crippen molar-refractivity contribution in [2.24, 2.45) is 0 Å². The Morgan fingerprint density at radius 3 is 2.87 bits per heavy atom. The van der Waals surface area contributed by atoms with E-state index in [9.17, 15) is 9.59 Å². The summed E-state index contributed by atoms with van der Waals surface area (Å²) in [6, 6.07) is -0.0482. The zero-order chi connectivity index (χ0) is 11.3. The van der Waals surface area contributed by atoms with Crippen molar-refractivity contribution < 1.29 is 9.59 Å². The number of likely N-dealkylation sites (N-methyl/N-ethyl adjacent to an activating group) is 1. The molecule has 0 aliphatic carbocycles. The Bertz CT molecular complexity index is 231. The highest BCUT2D eigenvalue weighted by atomic mass is 16.2. The predicted molar refractivity (Wildman–Crippen MR) is 58.6 cm³/mol. The minimum Gasteiger partial charge on any atom is -0.345 e. The SMILES string of the molecule is CCN(C)C(=O)CN1CCCCC1C=O. The number of hydrogen-bond donors (Lipinski definition) is 0. The summed E-state index contributed by atoms with van der Waals surface area (Å²) in [4.78, 5) is 26.2. The first-order valence-corrected chi connectivity index (χ1v) is 5.62. The van der Waals surface area contributed by atoms with Crippen molar-refractivity contribution in [1.82, 2.24) is 9.80 Å². The van der Waals surface area contributed by atoms with Crippen LogP contribution in [0.3, 0.4) is 0 Å². The fourth-order valence-electron chi connectivity index (χ4n) is 1.84. The normalized spacial score (nSPS) is 22.4. The molecule has 1 rings (SSSR count). The molecule has 1 aliphatic rings. The molecule has 0 aromatic rings. The van der Waals surface area contributed by atoms with Gasteiger partial charge in [0, 0.05) is 13.6 Å². The molecule has 4 heteroatoms. The number of piperidine rings is 1. The summed E-state index contributed by atoms with van der Waals surface area (Å²) in [5.41, 5.74) is 0. The standard InChI is InChI=1S/C11H20N2O2/c1-3-12(2)11(15)8-13-7-5-4-6-10(13)9-14/h9-10H,3-8H2,1-2H3. The smallest absolute Gasteiger partial charge is 0.236 e. The van der Waals surface area contributed by atoms with Crippen LogP contribution < -0.4 is 0 Å². The van der Waals surface area contributed by atoms with Crippen LogP contribution >= 0.6 is 0 Å². The second-order valence-corrected chi connectivity index (χ2v) is 4.08. The van der Waals surface area contributed by atoms with Gasteiger partial charge in [-0.05, 0) is 26.3 Å². The summed E-state index contributed by atoms with van der Waals surface area (Å²) >= 11 is 0. The number of carbonyl (C=O) groups is 2. The van der Waals surface area contributed by atoms with E-state index in [-0.39, 0.29) is 11.9 Å². The first-order chi connectivity index (χ1) is 7.19. The van der Waals surface area contributed by atoms with Gasteiger partial charge in [0.05, 0.1) is 12.6 Å². The van der Waals surface area contributed by atoms with E-state index in [0.29, 0.717) is 6.54 Å². The van der Waals surface area contributed by atoms with E-state index in [1.54, 1.807) is 11.9 Å². The molecule has 0 bridgehead atoms. The Kier molecular flexibility index (Phi) is 4.75. The maximum Gasteiger partial charge on any atom is 0.236 e. The van der Waals surface area contributed by atoms with Gasteiger partial charge < -0.3 is 9.69 Å². The largest absolute Gasteiger partial charge is 0.345 e. The third kappa shape index (κ3) is 3.30. The van der Waals surface area contributed by atoms with Gasteiger partial charge in [-0.25, -0.2) is 0 Å². The van der Waals surface area contributed by atoms with Crippen molar-refractivity contribution in [3.8, 4) is 0 Å². The number of aldehydes is 1. The molecule has 1 atom stereocenters. The summed E-state index contributed by atoms with van der Waals surface area (Å²) in [5.74, 6) is 0.103. The van der Waals surface area contributed by atoms with E-state index in [1.807, 2.05) is 11.8 Å². The Morgan fingerprint density at radius 1 is 1.53 bits per heavy atom. The Morgan fingerprint density at radius 2 is 2.27 bits per heavy atom. The molecule has 4 nitrogen and oxygen atoms in total. The molecule has 15 heavy (non-hydrogen) atoms. The van der Waals surface area contributed by atoms with Gasteiger partial charge in [-0.3, -0.25) is 9.69 Å². The van der Waals surface area contributed by atoms with E-state index in [1.165, 1.54) is 0 Å². The molecular formula is C11H20N2O2. The van der Waals surface area contributed by atoms with Crippen LogP contribution in [-0.2, 0) is 9.59 Å². The molecule has 1 aliphatic heterocycles. The van der Waals surface area contributed by atoms with Crippen LogP contribution in [0.15, 0.2) is 0 Å². The number of amides is 1. The van der Waals surface area contributed by atoms with Crippen LogP contribution in [0.1, 0.15) is 26.2 Å². The van der Waals surface area contributed by atoms with Crippen LogP contribution in [0.5, 0.6) is 0 Å². The molecule has 0 aromatic carbocycles. The van der Waals surface area contributed by atoms with Gasteiger partial charge in [-0.15, -0.1) is 0 Å². The van der Waals surface area contributed by atoms with Crippen LogP contribution in [0.25, 0.3) is 0 Å². The molecule has 1 heterocycles. The van der Waals surface area contributed by atoms with Gasteiger partial charge in [0.25, 0.3) is 0 Å². The Hall–Kier alpha value is -0.900. The Balaban J connectivity index is 2.47. The highest BCUT2D eigenvalue weighted by Crippen LogP contribution is 2.14. The minimum absolute atomic E-state index is 0.0482. The number of hydrogen-bond acceptors (Lipinski definition) is 3. The van der Waals surface area contributed by atoms with Crippen LogP contribution in [0, 0.1) is 0 Å². The quantitative estimate of drug-likeness (QED) is 0.638. The molecule has 1 amide bonds. The number of rotatable bonds is 4. The van der Waals surface area contributed by atoms with Gasteiger partial charge in [0.2, 0.25) is 5.91 Å². The third-order valence-corrected chi connectivity index (χ3v) is 3.06. The summed E-state index contributed by atoms with van der Waals surface area (Å²) < 4.78 is 0. The minimum atomic E-state index is -0.0482. The average Bonchev–Trinajstić information content (AvgIpc) is 2.28. The van der Waals surface area contributed by atoms with E-state index in [0.717, 1.165) is 38.6 Å². The lowest BCUT2D eigenvalue weighted by Crippen LogP contribution is -2.46. The first-order valence-electron chi connectivity index (χ1n) is 5.62. The van der Waals surface area contributed by atoms with Gasteiger partial charge >= 0.3 is 0 Å². The number of nitrogens with zero attached hydrogens (tertiary/aromatic N) is 2. The molecular weight excluding hydrogens is 192 g/mol. The summed E-state index contributed by atoms with van der Waals surface area (Å²) in [6.45, 7) is 3.92. The lowest BCUT2D eigenvalue weighted by atomic mass is 10.0. The van der Waals surface area contributed by atoms with Gasteiger partial charge in [-0.2, -0.15) is 0 Å². The summed E-state index contributed by atoms with van der Waals surface area (Å²) in [6.07, 6.45) is 4.05. The molecule has 0 N–H and O–H groups in total. The van der Waals surface area contributed by atoms with Crippen molar-refractivity contribution in [2.75, 3.05) is 26.7 Å². The monoisotopic (exact) mass is 212 g/mol. The highest BCUT2D eigenvalue weighted by molar-refractivity contribution is 5.78. The van der Waals surface area contributed by atoms with Crippen LogP contribution in [-0.4, -0.2) is 54.7 Å². The first kappa shape index (κ1) is 12.2. The van der Waals surface area contributed by atoms with E-state index >= 15 is 0 Å². The van der Waals surface area contributed by atoms with Gasteiger partial charge in [0.15, 0.2) is 0 Å². The predicted octanol–water partition coefficient (Wildman–Crippen LogP) is 0.518. The fraction of sp³-hybridized carbons (Fsp3) is 0.818. The number of carbonyl (C=O) groups excluding carboxylic acids is 2. The van der Waals surface area contributed by atoms with E-state index in [2.05, 4.69) is 0 Å². The van der Waals surface area contributed by atoms with Crippen molar-refractivity contribution >= 4 is 12.2 Å². The van der Waals surface area contributed by atoms with E-state index < -0.39 is 0 Å². The fourth-order valence-corrected chi connectivity index (χ4v) is 1.84. The second kappa shape index (κ2) is 5.85. The molecule has 0 radical (unpaired) electrons.